The summed E-state index contributed by atoms with van der Waals surface area (Å²) in [7, 11) is 1.63. The molecule has 118 valence electrons. The second kappa shape index (κ2) is 6.14. The Bertz CT molecular complexity index is 767. The molecule has 0 fully saturated rings. The van der Waals surface area contributed by atoms with Gasteiger partial charge in [0, 0.05) is 11.9 Å². The summed E-state index contributed by atoms with van der Waals surface area (Å²) in [4.78, 5) is 40.2. The van der Waals surface area contributed by atoms with Crippen molar-refractivity contribution < 1.29 is 14.4 Å². The largest absolute Gasteiger partial charge is 0.339 e. The topological polar surface area (TPSA) is 57.7 Å². The molecular formula is C16H13ClN2O3S. The van der Waals surface area contributed by atoms with E-state index in [9.17, 15) is 14.4 Å². The Labute approximate surface area is 142 Å². The highest BCUT2D eigenvalue weighted by Crippen LogP contribution is 2.24. The van der Waals surface area contributed by atoms with E-state index in [0.29, 0.717) is 22.0 Å². The summed E-state index contributed by atoms with van der Waals surface area (Å²) in [6.45, 7) is 0.126. The molecule has 0 unspecified atom stereocenters. The van der Waals surface area contributed by atoms with Crippen molar-refractivity contribution in [3.8, 4) is 0 Å². The van der Waals surface area contributed by atoms with Crippen LogP contribution in [0.5, 0.6) is 0 Å². The van der Waals surface area contributed by atoms with Gasteiger partial charge in [-0.05, 0) is 24.3 Å². The summed E-state index contributed by atoms with van der Waals surface area (Å²) < 4.78 is 0.654. The predicted octanol–water partition coefficient (Wildman–Crippen LogP) is 2.66. The van der Waals surface area contributed by atoms with Crippen LogP contribution in [0.2, 0.25) is 4.34 Å². The van der Waals surface area contributed by atoms with Gasteiger partial charge in [-0.1, -0.05) is 23.7 Å². The van der Waals surface area contributed by atoms with Gasteiger partial charge in [0.2, 0.25) is 5.91 Å². The molecule has 1 aliphatic rings. The summed E-state index contributed by atoms with van der Waals surface area (Å²) in [5.41, 5.74) is 0.691. The summed E-state index contributed by atoms with van der Waals surface area (Å²) in [5.74, 6) is -1.15. The highest BCUT2D eigenvalue weighted by molar-refractivity contribution is 7.16. The number of thiophene rings is 1. The molecule has 3 rings (SSSR count). The molecule has 23 heavy (non-hydrogen) atoms. The summed E-state index contributed by atoms with van der Waals surface area (Å²) in [6.07, 6.45) is 0. The molecule has 1 aliphatic heterocycles. The van der Waals surface area contributed by atoms with E-state index in [-0.39, 0.29) is 12.5 Å². The minimum absolute atomic E-state index is 0.262. The lowest BCUT2D eigenvalue weighted by Gasteiger charge is -2.20. The van der Waals surface area contributed by atoms with Crippen molar-refractivity contribution in [1.82, 2.24) is 9.80 Å². The maximum atomic E-state index is 12.3. The fourth-order valence-electron chi connectivity index (χ4n) is 2.40. The number of hydrogen-bond donors (Lipinski definition) is 0. The molecule has 7 heteroatoms. The van der Waals surface area contributed by atoms with Crippen LogP contribution in [0.15, 0.2) is 36.4 Å². The van der Waals surface area contributed by atoms with Gasteiger partial charge in [0.1, 0.15) is 6.54 Å². The van der Waals surface area contributed by atoms with Crippen LogP contribution in [0.3, 0.4) is 0 Å². The Balaban J connectivity index is 1.69. The van der Waals surface area contributed by atoms with Crippen LogP contribution in [0, 0.1) is 0 Å². The Hall–Kier alpha value is -2.18. The molecule has 0 atom stereocenters. The Kier molecular flexibility index (Phi) is 4.19. The van der Waals surface area contributed by atoms with Crippen molar-refractivity contribution in [2.45, 2.75) is 6.54 Å². The van der Waals surface area contributed by atoms with Gasteiger partial charge in [0.05, 0.1) is 22.0 Å². The first-order valence-electron chi connectivity index (χ1n) is 6.91. The van der Waals surface area contributed by atoms with Crippen LogP contribution < -0.4 is 0 Å². The maximum absolute atomic E-state index is 12.3. The van der Waals surface area contributed by atoms with Gasteiger partial charge in [-0.3, -0.25) is 19.3 Å². The SMILES string of the molecule is CN(Cc1ccc(Cl)s1)C(=O)CN1C(=O)c2ccccc2C1=O. The minimum atomic E-state index is -0.425. The standard InChI is InChI=1S/C16H13ClN2O3S/c1-18(8-10-6-7-13(17)23-10)14(20)9-19-15(21)11-4-2-3-5-12(11)16(19)22/h2-7H,8-9H2,1H3. The van der Waals surface area contributed by atoms with Gasteiger partial charge in [0.25, 0.3) is 11.8 Å². The molecule has 5 nitrogen and oxygen atoms in total. The number of likely N-dealkylation sites (N-methyl/N-ethyl adjacent to an activating group) is 1. The molecule has 0 spiro atoms. The van der Waals surface area contributed by atoms with Crippen LogP contribution in [-0.4, -0.2) is 41.1 Å². The highest BCUT2D eigenvalue weighted by Gasteiger charge is 2.36. The molecule has 0 bridgehead atoms. The molecular weight excluding hydrogens is 336 g/mol. The fraction of sp³-hybridized carbons (Fsp3) is 0.188. The summed E-state index contributed by atoms with van der Waals surface area (Å²) in [6, 6.07) is 10.2. The van der Waals surface area contributed by atoms with Crippen molar-refractivity contribution in [3.63, 3.8) is 0 Å². The van der Waals surface area contributed by atoms with Gasteiger partial charge in [-0.2, -0.15) is 0 Å². The fourth-order valence-corrected chi connectivity index (χ4v) is 3.54. The van der Waals surface area contributed by atoms with Crippen LogP contribution in [0.4, 0.5) is 0 Å². The molecule has 0 radical (unpaired) electrons. The number of nitrogens with zero attached hydrogens (tertiary/aromatic N) is 2. The smallest absolute Gasteiger partial charge is 0.262 e. The van der Waals surface area contributed by atoms with Crippen LogP contribution >= 0.6 is 22.9 Å². The van der Waals surface area contributed by atoms with E-state index in [0.717, 1.165) is 9.78 Å². The molecule has 1 aromatic carbocycles. The highest BCUT2D eigenvalue weighted by atomic mass is 35.5. The number of fused-ring (bicyclic) bond motifs is 1. The molecule has 0 saturated heterocycles. The molecule has 0 aliphatic carbocycles. The lowest BCUT2D eigenvalue weighted by atomic mass is 10.1. The van der Waals surface area contributed by atoms with Crippen molar-refractivity contribution in [3.05, 3.63) is 56.7 Å². The number of carbonyl (C=O) groups is 3. The molecule has 0 N–H and O–H groups in total. The second-order valence-electron chi connectivity index (χ2n) is 5.20. The van der Waals surface area contributed by atoms with Gasteiger partial charge >= 0.3 is 0 Å². The summed E-state index contributed by atoms with van der Waals surface area (Å²) >= 11 is 7.26. The zero-order valence-corrected chi connectivity index (χ0v) is 13.9. The third-order valence-electron chi connectivity index (χ3n) is 3.62. The first-order valence-corrected chi connectivity index (χ1v) is 8.10. The monoisotopic (exact) mass is 348 g/mol. The Morgan fingerprint density at radius 2 is 1.74 bits per heavy atom. The Morgan fingerprint density at radius 1 is 1.13 bits per heavy atom. The van der Waals surface area contributed by atoms with E-state index in [2.05, 4.69) is 0 Å². The van der Waals surface area contributed by atoms with Crippen LogP contribution in [-0.2, 0) is 11.3 Å². The first-order chi connectivity index (χ1) is 11.0. The van der Waals surface area contributed by atoms with Gasteiger partial charge < -0.3 is 4.90 Å². The zero-order valence-electron chi connectivity index (χ0n) is 12.3. The normalized spacial score (nSPS) is 13.4. The lowest BCUT2D eigenvalue weighted by molar-refractivity contribution is -0.130. The average Bonchev–Trinajstić information content (AvgIpc) is 3.04. The Morgan fingerprint density at radius 3 is 2.26 bits per heavy atom. The van der Waals surface area contributed by atoms with E-state index in [4.69, 9.17) is 11.6 Å². The zero-order chi connectivity index (χ0) is 16.6. The third kappa shape index (κ3) is 3.00. The van der Waals surface area contributed by atoms with Crippen molar-refractivity contribution in [1.29, 1.82) is 0 Å². The number of rotatable bonds is 4. The van der Waals surface area contributed by atoms with Gasteiger partial charge in [0.15, 0.2) is 0 Å². The molecule has 2 aromatic rings. The maximum Gasteiger partial charge on any atom is 0.262 e. The van der Waals surface area contributed by atoms with Gasteiger partial charge in [-0.15, -0.1) is 11.3 Å². The molecule has 2 heterocycles. The van der Waals surface area contributed by atoms with E-state index < -0.39 is 11.8 Å². The summed E-state index contributed by atoms with van der Waals surface area (Å²) in [5, 5.41) is 0. The lowest BCUT2D eigenvalue weighted by Crippen LogP contribution is -2.40. The van der Waals surface area contributed by atoms with Gasteiger partial charge in [-0.25, -0.2) is 0 Å². The third-order valence-corrected chi connectivity index (χ3v) is 4.84. The minimum Gasteiger partial charge on any atom is -0.339 e. The number of imide groups is 1. The van der Waals surface area contributed by atoms with E-state index in [1.807, 2.05) is 6.07 Å². The van der Waals surface area contributed by atoms with E-state index in [1.165, 1.54) is 16.2 Å². The average molecular weight is 349 g/mol. The van der Waals surface area contributed by atoms with Crippen molar-refractivity contribution >= 4 is 40.7 Å². The van der Waals surface area contributed by atoms with Crippen LogP contribution in [0.25, 0.3) is 0 Å². The van der Waals surface area contributed by atoms with E-state index in [1.54, 1.807) is 37.4 Å². The number of halogens is 1. The number of carbonyl (C=O) groups excluding carboxylic acids is 3. The molecule has 1 aromatic heterocycles. The van der Waals surface area contributed by atoms with E-state index >= 15 is 0 Å². The number of hydrogen-bond acceptors (Lipinski definition) is 4. The predicted molar refractivity (Wildman–Crippen MR) is 87.6 cm³/mol. The van der Waals surface area contributed by atoms with Crippen molar-refractivity contribution in [2.24, 2.45) is 0 Å². The molecule has 3 amide bonds. The van der Waals surface area contributed by atoms with Crippen LogP contribution in [0.1, 0.15) is 25.6 Å². The quantitative estimate of drug-likeness (QED) is 0.798. The molecule has 0 saturated carbocycles. The number of benzene rings is 1. The first kappa shape index (κ1) is 15.7. The number of amides is 3. The second-order valence-corrected chi connectivity index (χ2v) is 7.00. The van der Waals surface area contributed by atoms with Crippen molar-refractivity contribution in [2.75, 3.05) is 13.6 Å².